The van der Waals surface area contributed by atoms with E-state index in [1.54, 1.807) is 0 Å². The van der Waals surface area contributed by atoms with Crippen LogP contribution in [0.1, 0.15) is 51.9 Å². The second kappa shape index (κ2) is 4.05. The maximum atomic E-state index is 2.90. The Hall–Kier alpha value is 0.0899. The number of fused-ring (bicyclic) bond motifs is 3. The van der Waals surface area contributed by atoms with Crippen LogP contribution in [0, 0.1) is 11.8 Å². The first kappa shape index (κ1) is 12.1. The maximum absolute atomic E-state index is 2.90. The van der Waals surface area contributed by atoms with Crippen molar-refractivity contribution in [2.24, 2.45) is 11.8 Å². The standard InChI is InChI=1S/C14H27B2N/c1-13(15,16)14-8-5-9-17(14)10-11-6-3-2-4-7-12(11)14/h11-12H,2-10,15-16H2,1H3. The van der Waals surface area contributed by atoms with Gasteiger partial charge in [0.2, 0.25) is 0 Å². The molecule has 1 aliphatic carbocycles. The predicted molar refractivity (Wildman–Crippen MR) is 79.1 cm³/mol. The minimum atomic E-state index is 0.466. The lowest BCUT2D eigenvalue weighted by Crippen LogP contribution is -2.53. The molecule has 0 aromatic carbocycles. The smallest absolute Gasteiger partial charge is 0.101 e. The lowest BCUT2D eigenvalue weighted by Gasteiger charge is -2.49. The van der Waals surface area contributed by atoms with E-state index in [0.29, 0.717) is 10.8 Å². The molecule has 0 aromatic rings. The van der Waals surface area contributed by atoms with Gasteiger partial charge in [-0.25, -0.2) is 0 Å². The Morgan fingerprint density at radius 1 is 1.12 bits per heavy atom. The van der Waals surface area contributed by atoms with Gasteiger partial charge in [-0.05, 0) is 44.1 Å². The molecule has 0 N–H and O–H groups in total. The molecule has 0 spiro atoms. The zero-order chi connectivity index (χ0) is 12.1. The molecule has 2 aliphatic heterocycles. The lowest BCUT2D eigenvalue weighted by atomic mass is 9.42. The molecule has 1 saturated carbocycles. The van der Waals surface area contributed by atoms with E-state index in [9.17, 15) is 0 Å². The summed E-state index contributed by atoms with van der Waals surface area (Å²) in [5.74, 6) is 2.03. The van der Waals surface area contributed by atoms with Crippen molar-refractivity contribution < 1.29 is 0 Å². The number of hydrogen-bond acceptors (Lipinski definition) is 1. The number of rotatable bonds is 1. The third kappa shape index (κ3) is 1.64. The Labute approximate surface area is 109 Å². The molecule has 17 heavy (non-hydrogen) atoms. The van der Waals surface area contributed by atoms with Crippen LogP contribution in [0.5, 0.6) is 0 Å². The number of hydrogen-bond donors (Lipinski definition) is 0. The van der Waals surface area contributed by atoms with Crippen LogP contribution in [-0.4, -0.2) is 39.2 Å². The molecule has 0 amide bonds. The molecule has 2 heterocycles. The van der Waals surface area contributed by atoms with E-state index in [2.05, 4.69) is 27.5 Å². The maximum Gasteiger partial charge on any atom is 0.101 e. The van der Waals surface area contributed by atoms with Crippen molar-refractivity contribution >= 4 is 15.7 Å². The number of nitrogens with zero attached hydrogens (tertiary/aromatic N) is 1. The SMILES string of the molecule is BC(B)(C)C12CCCN1CC1CCCCCC12. The summed E-state index contributed by atoms with van der Waals surface area (Å²) in [6.07, 6.45) is 10.4. The van der Waals surface area contributed by atoms with Gasteiger partial charge in [0, 0.05) is 12.1 Å². The topological polar surface area (TPSA) is 3.24 Å². The summed E-state index contributed by atoms with van der Waals surface area (Å²) in [6, 6.07) is 0. The molecule has 3 heteroatoms. The monoisotopic (exact) mass is 231 g/mol. The van der Waals surface area contributed by atoms with E-state index in [4.69, 9.17) is 0 Å². The van der Waals surface area contributed by atoms with Crippen LogP contribution in [-0.2, 0) is 0 Å². The Kier molecular flexibility index (Phi) is 2.89. The van der Waals surface area contributed by atoms with Crippen molar-refractivity contribution in [2.45, 2.75) is 62.6 Å². The molecular formula is C14H27B2N. The third-order valence-electron chi connectivity index (χ3n) is 6.08. The van der Waals surface area contributed by atoms with E-state index in [1.165, 1.54) is 58.0 Å². The highest BCUT2D eigenvalue weighted by Crippen LogP contribution is 2.58. The Balaban J connectivity index is 1.96. The molecule has 3 unspecified atom stereocenters. The van der Waals surface area contributed by atoms with Crippen LogP contribution in [0.3, 0.4) is 0 Å². The molecule has 0 bridgehead atoms. The van der Waals surface area contributed by atoms with Crippen LogP contribution in [0.25, 0.3) is 0 Å². The van der Waals surface area contributed by atoms with Gasteiger partial charge in [-0.1, -0.05) is 31.4 Å². The normalized spacial score (nSPS) is 43.1. The van der Waals surface area contributed by atoms with Crippen LogP contribution in [0.15, 0.2) is 0 Å². The molecule has 2 saturated heterocycles. The lowest BCUT2D eigenvalue weighted by molar-refractivity contribution is 0.120. The van der Waals surface area contributed by atoms with E-state index in [1.807, 2.05) is 0 Å². The molecule has 94 valence electrons. The highest BCUT2D eigenvalue weighted by atomic mass is 15.3. The van der Waals surface area contributed by atoms with Crippen molar-refractivity contribution in [1.29, 1.82) is 0 Å². The zero-order valence-corrected chi connectivity index (χ0v) is 12.0. The first-order valence-electron chi connectivity index (χ1n) is 7.81. The molecule has 1 nitrogen and oxygen atoms in total. The fourth-order valence-electron chi connectivity index (χ4n) is 5.49. The minimum Gasteiger partial charge on any atom is -0.298 e. The molecule has 0 aromatic heterocycles. The Morgan fingerprint density at radius 2 is 1.88 bits per heavy atom. The van der Waals surface area contributed by atoms with Crippen LogP contribution in [0.4, 0.5) is 0 Å². The van der Waals surface area contributed by atoms with Gasteiger partial charge in [-0.3, -0.25) is 4.90 Å². The highest BCUT2D eigenvalue weighted by Gasteiger charge is 2.59. The zero-order valence-electron chi connectivity index (χ0n) is 12.0. The highest BCUT2D eigenvalue weighted by molar-refractivity contribution is 6.40. The van der Waals surface area contributed by atoms with E-state index >= 15 is 0 Å². The van der Waals surface area contributed by atoms with E-state index in [-0.39, 0.29) is 0 Å². The Morgan fingerprint density at radius 3 is 2.65 bits per heavy atom. The van der Waals surface area contributed by atoms with Gasteiger partial charge in [0.05, 0.1) is 0 Å². The molecule has 3 fully saturated rings. The van der Waals surface area contributed by atoms with Crippen LogP contribution < -0.4 is 0 Å². The van der Waals surface area contributed by atoms with Gasteiger partial charge in [0.1, 0.15) is 15.7 Å². The second-order valence-electron chi connectivity index (χ2n) is 7.73. The predicted octanol–water partition coefficient (Wildman–Crippen LogP) is 1.43. The van der Waals surface area contributed by atoms with Crippen molar-refractivity contribution in [3.05, 3.63) is 0 Å². The first-order valence-corrected chi connectivity index (χ1v) is 7.81. The fraction of sp³-hybridized carbons (Fsp3) is 1.00. The summed E-state index contributed by atoms with van der Waals surface area (Å²) >= 11 is 0. The van der Waals surface area contributed by atoms with Crippen molar-refractivity contribution in [3.8, 4) is 0 Å². The van der Waals surface area contributed by atoms with Crippen LogP contribution >= 0.6 is 0 Å². The molecule has 3 aliphatic rings. The average molecular weight is 231 g/mol. The van der Waals surface area contributed by atoms with Gasteiger partial charge in [0.15, 0.2) is 0 Å². The fourth-order valence-corrected chi connectivity index (χ4v) is 5.49. The largest absolute Gasteiger partial charge is 0.298 e. The quantitative estimate of drug-likeness (QED) is 0.617. The van der Waals surface area contributed by atoms with Crippen LogP contribution in [0.2, 0.25) is 5.21 Å². The average Bonchev–Trinajstić information content (AvgIpc) is 2.68. The first-order chi connectivity index (χ1) is 8.06. The van der Waals surface area contributed by atoms with Gasteiger partial charge in [-0.15, -0.1) is 0 Å². The molecule has 3 rings (SSSR count). The molecule has 3 atom stereocenters. The van der Waals surface area contributed by atoms with E-state index < -0.39 is 0 Å². The summed E-state index contributed by atoms with van der Waals surface area (Å²) in [7, 11) is 5.00. The third-order valence-corrected chi connectivity index (χ3v) is 6.08. The summed E-state index contributed by atoms with van der Waals surface area (Å²) < 4.78 is 0. The van der Waals surface area contributed by atoms with E-state index in [0.717, 1.165) is 11.8 Å². The van der Waals surface area contributed by atoms with Crippen molar-refractivity contribution in [1.82, 2.24) is 4.90 Å². The molecule has 0 radical (unpaired) electrons. The minimum absolute atomic E-state index is 0.466. The summed E-state index contributed by atoms with van der Waals surface area (Å²) in [6.45, 7) is 5.30. The van der Waals surface area contributed by atoms with Gasteiger partial charge in [0.25, 0.3) is 0 Å². The van der Waals surface area contributed by atoms with Crippen molar-refractivity contribution in [2.75, 3.05) is 13.1 Å². The summed E-state index contributed by atoms with van der Waals surface area (Å²) in [5, 5.41) is 0.466. The Bertz CT molecular complexity index is 299. The van der Waals surface area contributed by atoms with Gasteiger partial charge < -0.3 is 0 Å². The van der Waals surface area contributed by atoms with Gasteiger partial charge >= 0.3 is 0 Å². The summed E-state index contributed by atoms with van der Waals surface area (Å²) in [4.78, 5) is 2.90. The summed E-state index contributed by atoms with van der Waals surface area (Å²) in [5.41, 5.74) is 0.558. The second-order valence-corrected chi connectivity index (χ2v) is 7.73. The molecular weight excluding hydrogens is 204 g/mol. The van der Waals surface area contributed by atoms with Crippen molar-refractivity contribution in [3.63, 3.8) is 0 Å². The van der Waals surface area contributed by atoms with Gasteiger partial charge in [-0.2, -0.15) is 0 Å².